The lowest BCUT2D eigenvalue weighted by Gasteiger charge is -2.05. The lowest BCUT2D eigenvalue weighted by Crippen LogP contribution is -1.90. The fraction of sp³-hybridized carbons (Fsp3) is 0.257. The van der Waals surface area contributed by atoms with Gasteiger partial charge in [-0.2, -0.15) is 0 Å². The predicted molar refractivity (Wildman–Crippen MR) is 151 cm³/mol. The Morgan fingerprint density at radius 3 is 1.75 bits per heavy atom. The summed E-state index contributed by atoms with van der Waals surface area (Å²) in [5.41, 5.74) is 5.84. The van der Waals surface area contributed by atoms with Crippen molar-refractivity contribution in [3.05, 3.63) is 118 Å². The van der Waals surface area contributed by atoms with Gasteiger partial charge in [0.2, 0.25) is 0 Å². The van der Waals surface area contributed by atoms with Crippen LogP contribution in [0.4, 0.5) is 4.39 Å². The minimum atomic E-state index is -0.249. The van der Waals surface area contributed by atoms with E-state index in [1.54, 1.807) is 6.07 Å². The highest BCUT2D eigenvalue weighted by Crippen LogP contribution is 2.23. The van der Waals surface area contributed by atoms with Gasteiger partial charge in [0.05, 0.1) is 5.56 Å². The van der Waals surface area contributed by atoms with Crippen molar-refractivity contribution in [3.8, 4) is 23.7 Å². The number of benzene rings is 4. The monoisotopic (exact) mass is 472 g/mol. The van der Waals surface area contributed by atoms with E-state index in [4.69, 9.17) is 0 Å². The second-order valence-corrected chi connectivity index (χ2v) is 9.32. The van der Waals surface area contributed by atoms with Gasteiger partial charge in [-0.3, -0.25) is 0 Å². The highest BCUT2D eigenvalue weighted by Gasteiger charge is 2.06. The minimum absolute atomic E-state index is 0.249. The summed E-state index contributed by atoms with van der Waals surface area (Å²) >= 11 is 0. The third-order valence-electron chi connectivity index (χ3n) is 6.44. The molecule has 0 aliphatic heterocycles. The fourth-order valence-corrected chi connectivity index (χ4v) is 4.23. The maximum atomic E-state index is 15.1. The molecule has 0 saturated heterocycles. The average molecular weight is 473 g/mol. The standard InChI is InChI=1S/C35H33F/c1-3-5-7-9-27-10-12-28(13-11-27)14-15-29-16-18-30(19-17-29)20-22-32-23-24-33-26-31(8-6-4-2)21-25-34(33)35(32)36/h10-13,16-19,21,23-26H,3-9H2,1-2H3. The van der Waals surface area contributed by atoms with Gasteiger partial charge < -0.3 is 0 Å². The molecule has 0 heterocycles. The molecule has 0 N–H and O–H groups in total. The molecule has 0 aliphatic carbocycles. The van der Waals surface area contributed by atoms with Crippen LogP contribution in [-0.4, -0.2) is 0 Å². The minimum Gasteiger partial charge on any atom is -0.205 e. The number of halogens is 1. The quantitative estimate of drug-likeness (QED) is 0.186. The first-order valence-corrected chi connectivity index (χ1v) is 13.1. The molecule has 4 aromatic carbocycles. The number of aryl methyl sites for hydroxylation is 2. The Balaban J connectivity index is 1.42. The molecule has 180 valence electrons. The number of hydrogen-bond donors (Lipinski definition) is 0. The van der Waals surface area contributed by atoms with Crippen LogP contribution < -0.4 is 0 Å². The summed E-state index contributed by atoms with van der Waals surface area (Å²) < 4.78 is 15.1. The first kappa shape index (κ1) is 25.3. The first-order chi connectivity index (χ1) is 17.7. The SMILES string of the molecule is CCCCCc1ccc(C#Cc2ccc(C#Cc3ccc4cc(CCCC)ccc4c3F)cc2)cc1. The van der Waals surface area contributed by atoms with Crippen LogP contribution in [0.5, 0.6) is 0 Å². The normalized spacial score (nSPS) is 10.4. The molecule has 1 heteroatoms. The summed E-state index contributed by atoms with van der Waals surface area (Å²) in [5, 5.41) is 1.56. The van der Waals surface area contributed by atoms with E-state index in [1.165, 1.54) is 30.4 Å². The predicted octanol–water partition coefficient (Wildman–Crippen LogP) is 8.85. The van der Waals surface area contributed by atoms with E-state index in [-0.39, 0.29) is 5.82 Å². The van der Waals surface area contributed by atoms with Crippen molar-refractivity contribution in [2.75, 3.05) is 0 Å². The van der Waals surface area contributed by atoms with Crippen molar-refractivity contribution in [1.82, 2.24) is 0 Å². The molecule has 36 heavy (non-hydrogen) atoms. The van der Waals surface area contributed by atoms with Gasteiger partial charge in [-0.25, -0.2) is 4.39 Å². The zero-order valence-electron chi connectivity index (χ0n) is 21.3. The maximum Gasteiger partial charge on any atom is 0.146 e. The number of unbranched alkanes of at least 4 members (excludes halogenated alkanes) is 3. The molecule has 0 amide bonds. The van der Waals surface area contributed by atoms with Crippen LogP contribution in [0.2, 0.25) is 0 Å². The van der Waals surface area contributed by atoms with E-state index in [0.29, 0.717) is 10.9 Å². The Morgan fingerprint density at radius 1 is 0.556 bits per heavy atom. The van der Waals surface area contributed by atoms with Gasteiger partial charge in [0.15, 0.2) is 0 Å². The molecule has 0 aromatic heterocycles. The summed E-state index contributed by atoms with van der Waals surface area (Å²) in [7, 11) is 0. The largest absolute Gasteiger partial charge is 0.205 e. The third kappa shape index (κ3) is 6.87. The van der Waals surface area contributed by atoms with E-state index in [1.807, 2.05) is 42.5 Å². The summed E-state index contributed by atoms with van der Waals surface area (Å²) in [6.45, 7) is 4.41. The van der Waals surface area contributed by atoms with E-state index >= 15 is 4.39 Å². The molecule has 4 rings (SSSR count). The lowest BCUT2D eigenvalue weighted by molar-refractivity contribution is 0.636. The van der Waals surface area contributed by atoms with Crippen LogP contribution in [0.3, 0.4) is 0 Å². The van der Waals surface area contributed by atoms with Gasteiger partial charge >= 0.3 is 0 Å². The molecular weight excluding hydrogens is 439 g/mol. The van der Waals surface area contributed by atoms with Crippen molar-refractivity contribution in [1.29, 1.82) is 0 Å². The van der Waals surface area contributed by atoms with E-state index in [9.17, 15) is 0 Å². The zero-order chi connectivity index (χ0) is 25.2. The number of fused-ring (bicyclic) bond motifs is 1. The maximum absolute atomic E-state index is 15.1. The van der Waals surface area contributed by atoms with Gasteiger partial charge in [0, 0.05) is 22.1 Å². The van der Waals surface area contributed by atoms with Crippen molar-refractivity contribution in [3.63, 3.8) is 0 Å². The van der Waals surface area contributed by atoms with Crippen molar-refractivity contribution < 1.29 is 4.39 Å². The topological polar surface area (TPSA) is 0 Å². The Labute approximate surface area is 215 Å². The fourth-order valence-electron chi connectivity index (χ4n) is 4.23. The Hall–Kier alpha value is -3.81. The van der Waals surface area contributed by atoms with Crippen LogP contribution in [0.25, 0.3) is 10.8 Å². The molecule has 0 radical (unpaired) electrons. The summed E-state index contributed by atoms with van der Waals surface area (Å²) in [6, 6.07) is 26.1. The van der Waals surface area contributed by atoms with Gasteiger partial charge in [0.1, 0.15) is 5.82 Å². The van der Waals surface area contributed by atoms with Crippen LogP contribution in [0, 0.1) is 29.5 Å². The van der Waals surface area contributed by atoms with Crippen LogP contribution in [0.1, 0.15) is 79.3 Å². The van der Waals surface area contributed by atoms with E-state index in [0.717, 1.165) is 47.8 Å². The van der Waals surface area contributed by atoms with Crippen molar-refractivity contribution >= 4 is 10.8 Å². The van der Waals surface area contributed by atoms with Crippen LogP contribution in [0.15, 0.2) is 78.9 Å². The summed E-state index contributed by atoms with van der Waals surface area (Å²) in [6.07, 6.45) is 8.22. The zero-order valence-corrected chi connectivity index (χ0v) is 21.3. The highest BCUT2D eigenvalue weighted by atomic mass is 19.1. The van der Waals surface area contributed by atoms with Gasteiger partial charge in [-0.15, -0.1) is 0 Å². The molecule has 0 nitrogen and oxygen atoms in total. The smallest absolute Gasteiger partial charge is 0.146 e. The molecule has 0 bridgehead atoms. The molecule has 4 aromatic rings. The van der Waals surface area contributed by atoms with Gasteiger partial charge in [-0.05, 0) is 84.7 Å². The van der Waals surface area contributed by atoms with E-state index in [2.05, 4.69) is 67.9 Å². The molecule has 0 atom stereocenters. The average Bonchev–Trinajstić information content (AvgIpc) is 2.92. The number of rotatable bonds is 7. The van der Waals surface area contributed by atoms with Gasteiger partial charge in [-0.1, -0.05) is 93.2 Å². The Kier molecular flexibility index (Phi) is 8.97. The molecule has 0 fully saturated rings. The van der Waals surface area contributed by atoms with Crippen molar-refractivity contribution in [2.45, 2.75) is 58.8 Å². The van der Waals surface area contributed by atoms with Gasteiger partial charge in [0.25, 0.3) is 0 Å². The van der Waals surface area contributed by atoms with Crippen LogP contribution >= 0.6 is 0 Å². The van der Waals surface area contributed by atoms with Crippen LogP contribution in [-0.2, 0) is 12.8 Å². The molecule has 0 saturated carbocycles. The molecular formula is C35H33F. The Morgan fingerprint density at radius 2 is 1.11 bits per heavy atom. The number of hydrogen-bond acceptors (Lipinski definition) is 0. The lowest BCUT2D eigenvalue weighted by atomic mass is 10.0. The third-order valence-corrected chi connectivity index (χ3v) is 6.44. The summed E-state index contributed by atoms with van der Waals surface area (Å²) in [4.78, 5) is 0. The second kappa shape index (κ2) is 12.8. The highest BCUT2D eigenvalue weighted by molar-refractivity contribution is 5.85. The first-order valence-electron chi connectivity index (χ1n) is 13.1. The summed E-state index contributed by atoms with van der Waals surface area (Å²) in [5.74, 6) is 12.3. The molecule has 0 spiro atoms. The Bertz CT molecular complexity index is 1420. The van der Waals surface area contributed by atoms with Crippen molar-refractivity contribution in [2.24, 2.45) is 0 Å². The molecule has 0 aliphatic rings. The molecule has 0 unspecified atom stereocenters. The second-order valence-electron chi connectivity index (χ2n) is 9.32. The van der Waals surface area contributed by atoms with E-state index < -0.39 is 0 Å².